The van der Waals surface area contributed by atoms with Crippen LogP contribution >= 0.6 is 11.6 Å². The standard InChI is InChI=1S/C17H16ClN3O2/c18-13-4-2-1-3-12(13)10-16(22)19-8-7-11-5-6-14-15(9-11)21-17(23)20-14/h1-6,9H,7-8,10H2,(H,19,22)(H2,20,21,23). The van der Waals surface area contributed by atoms with E-state index in [1.54, 1.807) is 6.07 Å². The van der Waals surface area contributed by atoms with Crippen molar-refractivity contribution in [2.24, 2.45) is 0 Å². The monoisotopic (exact) mass is 329 g/mol. The van der Waals surface area contributed by atoms with Crippen molar-refractivity contribution >= 4 is 28.5 Å². The van der Waals surface area contributed by atoms with E-state index in [-0.39, 0.29) is 18.0 Å². The lowest BCUT2D eigenvalue weighted by Crippen LogP contribution is -2.27. The van der Waals surface area contributed by atoms with Crippen LogP contribution in [0.2, 0.25) is 5.02 Å². The summed E-state index contributed by atoms with van der Waals surface area (Å²) in [6.07, 6.45) is 0.960. The highest BCUT2D eigenvalue weighted by molar-refractivity contribution is 6.31. The van der Waals surface area contributed by atoms with E-state index in [2.05, 4.69) is 15.3 Å². The molecule has 3 N–H and O–H groups in total. The third kappa shape index (κ3) is 3.81. The molecule has 1 heterocycles. The van der Waals surface area contributed by atoms with Crippen LogP contribution in [0.3, 0.4) is 0 Å². The van der Waals surface area contributed by atoms with Crippen molar-refractivity contribution in [2.75, 3.05) is 6.54 Å². The third-order valence-corrected chi connectivity index (χ3v) is 3.99. The van der Waals surface area contributed by atoms with Gasteiger partial charge in [-0.05, 0) is 35.7 Å². The van der Waals surface area contributed by atoms with Crippen molar-refractivity contribution in [3.63, 3.8) is 0 Å². The van der Waals surface area contributed by atoms with Gasteiger partial charge in [0.2, 0.25) is 5.91 Å². The molecule has 3 aromatic rings. The maximum atomic E-state index is 11.9. The number of aromatic nitrogens is 2. The van der Waals surface area contributed by atoms with E-state index in [9.17, 15) is 9.59 Å². The highest BCUT2D eigenvalue weighted by Gasteiger charge is 2.06. The maximum absolute atomic E-state index is 11.9. The predicted octanol–water partition coefficient (Wildman–Crippen LogP) is 2.41. The van der Waals surface area contributed by atoms with Gasteiger partial charge in [0.05, 0.1) is 17.5 Å². The molecule has 0 saturated carbocycles. The van der Waals surface area contributed by atoms with Crippen LogP contribution in [0.1, 0.15) is 11.1 Å². The van der Waals surface area contributed by atoms with E-state index in [0.717, 1.165) is 22.2 Å². The Labute approximate surface area is 137 Å². The Bertz CT molecular complexity index is 898. The summed E-state index contributed by atoms with van der Waals surface area (Å²) < 4.78 is 0. The first-order valence-corrected chi connectivity index (χ1v) is 7.70. The summed E-state index contributed by atoms with van der Waals surface area (Å²) >= 11 is 6.04. The van der Waals surface area contributed by atoms with Crippen LogP contribution in [-0.2, 0) is 17.6 Å². The smallest absolute Gasteiger partial charge is 0.323 e. The van der Waals surface area contributed by atoms with Gasteiger partial charge in [0.15, 0.2) is 0 Å². The third-order valence-electron chi connectivity index (χ3n) is 3.63. The molecule has 1 aromatic heterocycles. The average molecular weight is 330 g/mol. The molecule has 1 amide bonds. The fraction of sp³-hybridized carbons (Fsp3) is 0.176. The number of aromatic amines is 2. The number of H-pyrrole nitrogens is 2. The van der Waals surface area contributed by atoms with Gasteiger partial charge in [-0.15, -0.1) is 0 Å². The van der Waals surface area contributed by atoms with E-state index in [1.807, 2.05) is 36.4 Å². The van der Waals surface area contributed by atoms with Gasteiger partial charge in [-0.3, -0.25) is 4.79 Å². The summed E-state index contributed by atoms with van der Waals surface area (Å²) in [5.74, 6) is -0.0609. The van der Waals surface area contributed by atoms with Gasteiger partial charge in [-0.2, -0.15) is 0 Å². The van der Waals surface area contributed by atoms with Crippen molar-refractivity contribution < 1.29 is 4.79 Å². The summed E-state index contributed by atoms with van der Waals surface area (Å²) in [5.41, 5.74) is 3.20. The SMILES string of the molecule is O=C(Cc1ccccc1Cl)NCCc1ccc2[nH]c(=O)[nH]c2c1. The lowest BCUT2D eigenvalue weighted by atomic mass is 10.1. The second-order valence-corrected chi connectivity index (χ2v) is 5.73. The molecule has 0 aliphatic carbocycles. The van der Waals surface area contributed by atoms with Gasteiger partial charge in [-0.1, -0.05) is 35.9 Å². The van der Waals surface area contributed by atoms with Crippen LogP contribution in [0.5, 0.6) is 0 Å². The molecule has 0 bridgehead atoms. The highest BCUT2D eigenvalue weighted by Crippen LogP contribution is 2.15. The fourth-order valence-electron chi connectivity index (χ4n) is 2.46. The summed E-state index contributed by atoms with van der Waals surface area (Å²) in [6, 6.07) is 13.0. The van der Waals surface area contributed by atoms with Crippen molar-refractivity contribution in [3.05, 3.63) is 69.1 Å². The zero-order valence-corrected chi connectivity index (χ0v) is 13.1. The van der Waals surface area contributed by atoms with Gasteiger partial charge >= 0.3 is 5.69 Å². The molecule has 2 aromatic carbocycles. The molecular weight excluding hydrogens is 314 g/mol. The number of hydrogen-bond acceptors (Lipinski definition) is 2. The highest BCUT2D eigenvalue weighted by atomic mass is 35.5. The Kier molecular flexibility index (Phi) is 4.48. The van der Waals surface area contributed by atoms with Crippen LogP contribution in [0.15, 0.2) is 47.3 Å². The molecule has 0 spiro atoms. The lowest BCUT2D eigenvalue weighted by molar-refractivity contribution is -0.120. The van der Waals surface area contributed by atoms with Crippen molar-refractivity contribution in [1.29, 1.82) is 0 Å². The van der Waals surface area contributed by atoms with Crippen LogP contribution in [0, 0.1) is 0 Å². The van der Waals surface area contributed by atoms with Crippen molar-refractivity contribution in [1.82, 2.24) is 15.3 Å². The summed E-state index contributed by atoms with van der Waals surface area (Å²) in [7, 11) is 0. The van der Waals surface area contributed by atoms with Gasteiger partial charge in [0.25, 0.3) is 0 Å². The Morgan fingerprint density at radius 2 is 1.87 bits per heavy atom. The normalized spacial score (nSPS) is 10.8. The zero-order chi connectivity index (χ0) is 16.2. The number of nitrogens with one attached hydrogen (secondary N) is 3. The molecule has 0 atom stereocenters. The molecule has 5 nitrogen and oxygen atoms in total. The molecule has 0 unspecified atom stereocenters. The number of fused-ring (bicyclic) bond motifs is 1. The molecule has 6 heteroatoms. The molecule has 0 aliphatic heterocycles. The van der Waals surface area contributed by atoms with Crippen molar-refractivity contribution in [3.8, 4) is 0 Å². The zero-order valence-electron chi connectivity index (χ0n) is 12.4. The second-order valence-electron chi connectivity index (χ2n) is 5.33. The number of carbonyl (C=O) groups is 1. The molecular formula is C17H16ClN3O2. The molecule has 118 valence electrons. The van der Waals surface area contributed by atoms with Gasteiger partial charge in [-0.25, -0.2) is 4.79 Å². The Hall–Kier alpha value is -2.53. The first-order valence-electron chi connectivity index (χ1n) is 7.33. The van der Waals surface area contributed by atoms with E-state index < -0.39 is 0 Å². The number of hydrogen-bond donors (Lipinski definition) is 3. The molecule has 0 fully saturated rings. The van der Waals surface area contributed by atoms with Crippen LogP contribution < -0.4 is 11.0 Å². The van der Waals surface area contributed by atoms with Gasteiger partial charge < -0.3 is 15.3 Å². The summed E-state index contributed by atoms with van der Waals surface area (Å²) in [4.78, 5) is 28.6. The van der Waals surface area contributed by atoms with Gasteiger partial charge in [0, 0.05) is 11.6 Å². The average Bonchev–Trinajstić information content (AvgIpc) is 2.89. The molecule has 0 radical (unpaired) electrons. The van der Waals surface area contributed by atoms with E-state index in [0.29, 0.717) is 18.0 Å². The molecule has 3 rings (SSSR count). The number of imidazole rings is 1. The molecule has 0 saturated heterocycles. The Morgan fingerprint density at radius 1 is 1.09 bits per heavy atom. The Balaban J connectivity index is 1.54. The number of halogens is 1. The number of amides is 1. The minimum atomic E-state index is -0.217. The fourth-order valence-corrected chi connectivity index (χ4v) is 2.66. The van der Waals surface area contributed by atoms with Gasteiger partial charge in [0.1, 0.15) is 0 Å². The van der Waals surface area contributed by atoms with E-state index in [1.165, 1.54) is 0 Å². The Morgan fingerprint density at radius 3 is 2.70 bits per heavy atom. The quantitative estimate of drug-likeness (QED) is 0.672. The topological polar surface area (TPSA) is 77.8 Å². The molecule has 23 heavy (non-hydrogen) atoms. The van der Waals surface area contributed by atoms with E-state index >= 15 is 0 Å². The number of benzene rings is 2. The second kappa shape index (κ2) is 6.71. The van der Waals surface area contributed by atoms with Crippen LogP contribution in [-0.4, -0.2) is 22.4 Å². The maximum Gasteiger partial charge on any atom is 0.323 e. The number of carbonyl (C=O) groups excluding carboxylic acids is 1. The van der Waals surface area contributed by atoms with E-state index in [4.69, 9.17) is 11.6 Å². The lowest BCUT2D eigenvalue weighted by Gasteiger charge is -2.07. The van der Waals surface area contributed by atoms with Crippen LogP contribution in [0.25, 0.3) is 11.0 Å². The largest absolute Gasteiger partial charge is 0.355 e. The number of rotatable bonds is 5. The minimum Gasteiger partial charge on any atom is -0.355 e. The summed E-state index contributed by atoms with van der Waals surface area (Å²) in [5, 5.41) is 3.48. The summed E-state index contributed by atoms with van der Waals surface area (Å²) in [6.45, 7) is 0.531. The van der Waals surface area contributed by atoms with Crippen molar-refractivity contribution in [2.45, 2.75) is 12.8 Å². The minimum absolute atomic E-state index is 0.0609. The predicted molar refractivity (Wildman–Crippen MR) is 90.8 cm³/mol. The first kappa shape index (κ1) is 15.4. The molecule has 0 aliphatic rings. The first-order chi connectivity index (χ1) is 11.1. The van der Waals surface area contributed by atoms with Crippen LogP contribution in [0.4, 0.5) is 0 Å².